The molecule has 1 aromatic rings. The quantitative estimate of drug-likeness (QED) is 0.409. The van der Waals surface area contributed by atoms with Crippen LogP contribution >= 0.6 is 24.0 Å². The molecule has 2 rings (SSSR count). The zero-order valence-electron chi connectivity index (χ0n) is 12.2. The number of benzene rings is 1. The molecule has 0 unspecified atom stereocenters. The number of hydrogen-bond donors (Lipinski definition) is 3. The van der Waals surface area contributed by atoms with Crippen LogP contribution in [0.25, 0.3) is 0 Å². The van der Waals surface area contributed by atoms with E-state index in [1.165, 1.54) is 37.8 Å². The Balaban J connectivity index is 0.00000220. The van der Waals surface area contributed by atoms with Gasteiger partial charge in [0.25, 0.3) is 0 Å². The molecular weight excluding hydrogens is 384 g/mol. The summed E-state index contributed by atoms with van der Waals surface area (Å²) >= 11 is 0. The minimum atomic E-state index is -0.605. The second-order valence-electron chi connectivity index (χ2n) is 5.11. The maximum absolute atomic E-state index is 13.2. The van der Waals surface area contributed by atoms with Crippen LogP contribution in [0.2, 0.25) is 0 Å². The van der Waals surface area contributed by atoms with E-state index in [2.05, 4.69) is 15.6 Å². The van der Waals surface area contributed by atoms with Crippen LogP contribution in [0, 0.1) is 5.82 Å². The molecule has 0 radical (unpaired) electrons. The maximum Gasteiger partial charge on any atom is 0.191 e. The minimum Gasteiger partial charge on any atom is -0.505 e. The van der Waals surface area contributed by atoms with Gasteiger partial charge < -0.3 is 15.7 Å². The van der Waals surface area contributed by atoms with E-state index < -0.39 is 5.82 Å². The Morgan fingerprint density at radius 1 is 1.38 bits per heavy atom. The lowest BCUT2D eigenvalue weighted by Gasteiger charge is -2.16. The lowest BCUT2D eigenvalue weighted by molar-refractivity contribution is 0.432. The fourth-order valence-electron chi connectivity index (χ4n) is 2.40. The molecule has 0 amide bonds. The van der Waals surface area contributed by atoms with Crippen LogP contribution in [-0.2, 0) is 6.54 Å². The average Bonchev–Trinajstić information content (AvgIpc) is 2.93. The van der Waals surface area contributed by atoms with Gasteiger partial charge in [-0.25, -0.2) is 9.38 Å². The van der Waals surface area contributed by atoms with Crippen molar-refractivity contribution >= 4 is 29.9 Å². The Kier molecular flexibility index (Phi) is 7.77. The van der Waals surface area contributed by atoms with Crippen molar-refractivity contribution in [1.82, 2.24) is 10.6 Å². The van der Waals surface area contributed by atoms with Crippen molar-refractivity contribution in [1.29, 1.82) is 0 Å². The molecule has 6 heteroatoms. The summed E-state index contributed by atoms with van der Waals surface area (Å²) in [6.45, 7) is 3.20. The highest BCUT2D eigenvalue weighted by molar-refractivity contribution is 14.0. The van der Waals surface area contributed by atoms with Crippen LogP contribution < -0.4 is 10.6 Å². The second kappa shape index (κ2) is 9.07. The van der Waals surface area contributed by atoms with Crippen molar-refractivity contribution in [3.8, 4) is 5.75 Å². The Morgan fingerprint density at radius 3 is 2.71 bits per heavy atom. The van der Waals surface area contributed by atoms with E-state index in [1.54, 1.807) is 6.07 Å². The molecule has 0 atom stereocenters. The molecule has 0 aliphatic heterocycles. The van der Waals surface area contributed by atoms with Crippen LogP contribution in [0.1, 0.15) is 38.2 Å². The molecule has 4 nitrogen and oxygen atoms in total. The number of rotatable bonds is 4. The molecule has 0 heterocycles. The zero-order valence-corrected chi connectivity index (χ0v) is 14.6. The molecule has 0 aromatic heterocycles. The predicted octanol–water partition coefficient (Wildman–Crippen LogP) is 3.15. The number of nitrogens with zero attached hydrogens (tertiary/aromatic N) is 1. The second-order valence-corrected chi connectivity index (χ2v) is 5.11. The van der Waals surface area contributed by atoms with Gasteiger partial charge in [0, 0.05) is 12.6 Å². The Hall–Kier alpha value is -1.05. The number of phenolic OH excluding ortho intramolecular Hbond substituents is 1. The van der Waals surface area contributed by atoms with E-state index >= 15 is 0 Å². The number of aliphatic imine (C=N–C) groups is 1. The van der Waals surface area contributed by atoms with Crippen LogP contribution in [0.15, 0.2) is 23.2 Å². The first-order valence-corrected chi connectivity index (χ1v) is 7.21. The van der Waals surface area contributed by atoms with E-state index in [0.717, 1.165) is 18.1 Å². The first-order chi connectivity index (χ1) is 9.69. The first-order valence-electron chi connectivity index (χ1n) is 7.21. The van der Waals surface area contributed by atoms with Crippen molar-refractivity contribution in [3.05, 3.63) is 29.6 Å². The molecule has 118 valence electrons. The number of halogens is 2. The third-order valence-electron chi connectivity index (χ3n) is 3.47. The van der Waals surface area contributed by atoms with Gasteiger partial charge in [-0.1, -0.05) is 18.9 Å². The van der Waals surface area contributed by atoms with Crippen LogP contribution in [0.4, 0.5) is 4.39 Å². The normalized spacial score (nSPS) is 15.6. The number of phenols is 1. The number of guanidine groups is 1. The van der Waals surface area contributed by atoms with Crippen molar-refractivity contribution in [2.24, 2.45) is 4.99 Å². The van der Waals surface area contributed by atoms with E-state index in [1.807, 2.05) is 6.92 Å². The smallest absolute Gasteiger partial charge is 0.191 e. The van der Waals surface area contributed by atoms with Crippen molar-refractivity contribution in [2.75, 3.05) is 6.54 Å². The molecule has 1 aromatic carbocycles. The Labute approximate surface area is 142 Å². The predicted molar refractivity (Wildman–Crippen MR) is 93.7 cm³/mol. The monoisotopic (exact) mass is 407 g/mol. The molecule has 21 heavy (non-hydrogen) atoms. The number of hydrogen-bond acceptors (Lipinski definition) is 2. The van der Waals surface area contributed by atoms with Gasteiger partial charge in [-0.05, 0) is 37.5 Å². The van der Waals surface area contributed by atoms with Crippen molar-refractivity contribution in [3.63, 3.8) is 0 Å². The molecule has 3 N–H and O–H groups in total. The van der Waals surface area contributed by atoms with E-state index in [-0.39, 0.29) is 29.7 Å². The number of nitrogens with one attached hydrogen (secondary N) is 2. The van der Waals surface area contributed by atoms with Crippen molar-refractivity contribution < 1.29 is 9.50 Å². The molecule has 1 saturated carbocycles. The molecule has 1 aliphatic carbocycles. The van der Waals surface area contributed by atoms with E-state index in [9.17, 15) is 4.39 Å². The first kappa shape index (κ1) is 18.0. The van der Waals surface area contributed by atoms with E-state index in [4.69, 9.17) is 5.11 Å². The fraction of sp³-hybridized carbons (Fsp3) is 0.533. The maximum atomic E-state index is 13.2. The van der Waals surface area contributed by atoms with Gasteiger partial charge in [-0.3, -0.25) is 0 Å². The highest BCUT2D eigenvalue weighted by atomic mass is 127. The van der Waals surface area contributed by atoms with Gasteiger partial charge in [-0.2, -0.15) is 0 Å². The summed E-state index contributed by atoms with van der Waals surface area (Å²) in [6, 6.07) is 4.85. The fourth-order valence-corrected chi connectivity index (χ4v) is 2.40. The zero-order chi connectivity index (χ0) is 14.4. The third kappa shape index (κ3) is 5.68. The molecule has 1 fully saturated rings. The van der Waals surface area contributed by atoms with Crippen LogP contribution in [-0.4, -0.2) is 23.7 Å². The van der Waals surface area contributed by atoms with Gasteiger partial charge in [0.05, 0.1) is 6.54 Å². The highest BCUT2D eigenvalue weighted by Gasteiger charge is 2.15. The van der Waals surface area contributed by atoms with Crippen LogP contribution in [0.5, 0.6) is 5.75 Å². The third-order valence-corrected chi connectivity index (χ3v) is 3.47. The summed E-state index contributed by atoms with van der Waals surface area (Å²) in [4.78, 5) is 4.46. The van der Waals surface area contributed by atoms with Gasteiger partial charge >= 0.3 is 0 Å². The highest BCUT2D eigenvalue weighted by Crippen LogP contribution is 2.18. The molecular formula is C15H23FIN3O. The van der Waals surface area contributed by atoms with Crippen molar-refractivity contribution in [2.45, 2.75) is 45.2 Å². The summed E-state index contributed by atoms with van der Waals surface area (Å²) < 4.78 is 13.2. The summed E-state index contributed by atoms with van der Waals surface area (Å²) in [5, 5.41) is 15.8. The summed E-state index contributed by atoms with van der Waals surface area (Å²) in [6.07, 6.45) is 4.89. The topological polar surface area (TPSA) is 56.7 Å². The Morgan fingerprint density at radius 2 is 2.10 bits per heavy atom. The molecule has 0 saturated heterocycles. The molecule has 0 spiro atoms. The van der Waals surface area contributed by atoms with Gasteiger partial charge in [0.1, 0.15) is 0 Å². The van der Waals surface area contributed by atoms with Gasteiger partial charge in [0.15, 0.2) is 17.5 Å². The average molecular weight is 407 g/mol. The summed E-state index contributed by atoms with van der Waals surface area (Å²) in [7, 11) is 0. The Bertz CT molecular complexity index is 476. The lowest BCUT2D eigenvalue weighted by atomic mass is 10.2. The molecule has 0 bridgehead atoms. The standard InChI is InChI=1S/C15H22FN3O.HI/c1-2-17-15(19-12-5-3-4-6-12)18-10-11-7-8-14(20)13(16)9-11;/h7-9,12,20H,2-6,10H2,1H3,(H2,17,18,19);1H. The lowest BCUT2D eigenvalue weighted by Crippen LogP contribution is -2.42. The van der Waals surface area contributed by atoms with Gasteiger partial charge in [0.2, 0.25) is 0 Å². The minimum absolute atomic E-state index is 0. The molecule has 1 aliphatic rings. The number of aromatic hydroxyl groups is 1. The van der Waals surface area contributed by atoms with Crippen LogP contribution in [0.3, 0.4) is 0 Å². The summed E-state index contributed by atoms with van der Waals surface area (Å²) in [5.41, 5.74) is 0.740. The van der Waals surface area contributed by atoms with E-state index in [0.29, 0.717) is 12.6 Å². The van der Waals surface area contributed by atoms with Gasteiger partial charge in [-0.15, -0.1) is 24.0 Å². The largest absolute Gasteiger partial charge is 0.505 e. The SMILES string of the molecule is CCNC(=NCc1ccc(O)c(F)c1)NC1CCCC1.I. The summed E-state index contributed by atoms with van der Waals surface area (Å²) in [5.74, 6) is -0.159.